The maximum atomic E-state index is 5.78. The van der Waals surface area contributed by atoms with Crippen molar-refractivity contribution in [3.63, 3.8) is 0 Å². The Bertz CT molecular complexity index is 714. The number of rotatable bonds is 7. The molecule has 0 spiro atoms. The van der Waals surface area contributed by atoms with Crippen LogP contribution in [0.3, 0.4) is 0 Å². The summed E-state index contributed by atoms with van der Waals surface area (Å²) in [5.74, 6) is 1.54. The highest BCUT2D eigenvalue weighted by atomic mass is 16.5. The van der Waals surface area contributed by atoms with Crippen LogP contribution >= 0.6 is 0 Å². The molecule has 2 aromatic rings. The third-order valence-electron chi connectivity index (χ3n) is 5.37. The third-order valence-corrected chi connectivity index (χ3v) is 5.37. The Morgan fingerprint density at radius 3 is 2.15 bits per heavy atom. The Labute approximate surface area is 164 Å². The largest absolute Gasteiger partial charge is 0.491 e. The molecule has 0 aliphatic carbocycles. The summed E-state index contributed by atoms with van der Waals surface area (Å²) < 4.78 is 11.4. The molecule has 1 saturated heterocycles. The number of hydrogen-bond acceptors (Lipinski definition) is 3. The molecule has 1 heterocycles. The predicted molar refractivity (Wildman–Crippen MR) is 114 cm³/mol. The fourth-order valence-corrected chi connectivity index (χ4v) is 3.87. The molecule has 0 N–H and O–H groups in total. The van der Waals surface area contributed by atoms with Gasteiger partial charge in [-0.1, -0.05) is 38.1 Å². The van der Waals surface area contributed by atoms with E-state index in [1.807, 2.05) is 0 Å². The Hall–Kier alpha value is -2.00. The summed E-state index contributed by atoms with van der Waals surface area (Å²) in [6, 6.07) is 15.4. The summed E-state index contributed by atoms with van der Waals surface area (Å²) in [5.41, 5.74) is 5.36. The van der Waals surface area contributed by atoms with Crippen molar-refractivity contribution in [2.24, 2.45) is 0 Å². The molecule has 0 bridgehead atoms. The van der Waals surface area contributed by atoms with Gasteiger partial charge in [0.05, 0.1) is 19.3 Å². The first-order chi connectivity index (χ1) is 13.1. The van der Waals surface area contributed by atoms with E-state index in [2.05, 4.69) is 75.1 Å². The lowest BCUT2D eigenvalue weighted by molar-refractivity contribution is 0.122. The molecule has 3 nitrogen and oxygen atoms in total. The van der Waals surface area contributed by atoms with Crippen LogP contribution in [0.15, 0.2) is 42.5 Å². The molecule has 0 aromatic heterocycles. The fraction of sp³-hybridized carbons (Fsp3) is 0.500. The summed E-state index contributed by atoms with van der Waals surface area (Å²) in [7, 11) is 0. The van der Waals surface area contributed by atoms with Gasteiger partial charge in [-0.05, 0) is 67.5 Å². The first kappa shape index (κ1) is 19.8. The van der Waals surface area contributed by atoms with Gasteiger partial charge in [0.25, 0.3) is 0 Å². The Morgan fingerprint density at radius 2 is 1.56 bits per heavy atom. The zero-order chi connectivity index (χ0) is 19.2. The Balaban J connectivity index is 1.94. The molecule has 1 aliphatic heterocycles. The minimum absolute atomic E-state index is 0.197. The van der Waals surface area contributed by atoms with Gasteiger partial charge in [-0.15, -0.1) is 0 Å². The number of nitrogens with zero attached hydrogens (tertiary/aromatic N) is 1. The minimum atomic E-state index is 0.197. The van der Waals surface area contributed by atoms with E-state index in [1.54, 1.807) is 0 Å². The quantitative estimate of drug-likeness (QED) is 0.610. The van der Waals surface area contributed by atoms with Crippen LogP contribution in [0.25, 0.3) is 11.1 Å². The van der Waals surface area contributed by atoms with Crippen LogP contribution in [-0.4, -0.2) is 32.4 Å². The van der Waals surface area contributed by atoms with Crippen molar-refractivity contribution in [2.75, 3.05) is 31.2 Å². The van der Waals surface area contributed by atoms with Gasteiger partial charge < -0.3 is 14.4 Å². The highest BCUT2D eigenvalue weighted by molar-refractivity contribution is 5.71. The smallest absolute Gasteiger partial charge is 0.119 e. The molecule has 0 radical (unpaired) electrons. The minimum Gasteiger partial charge on any atom is -0.491 e. The van der Waals surface area contributed by atoms with Crippen LogP contribution < -0.4 is 9.64 Å². The van der Waals surface area contributed by atoms with E-state index in [4.69, 9.17) is 9.47 Å². The van der Waals surface area contributed by atoms with Crippen LogP contribution in [0.5, 0.6) is 5.75 Å². The van der Waals surface area contributed by atoms with E-state index >= 15 is 0 Å². The number of hydrogen-bond donors (Lipinski definition) is 0. The molecule has 2 aromatic carbocycles. The van der Waals surface area contributed by atoms with E-state index < -0.39 is 0 Å². The normalized spacial score (nSPS) is 14.8. The number of benzene rings is 2. The van der Waals surface area contributed by atoms with Crippen LogP contribution in [0.1, 0.15) is 52.0 Å². The zero-order valence-corrected chi connectivity index (χ0v) is 17.2. The molecule has 0 unspecified atom stereocenters. The van der Waals surface area contributed by atoms with Gasteiger partial charge in [-0.3, -0.25) is 0 Å². The monoisotopic (exact) mass is 367 g/mol. The number of ether oxygens (including phenoxy) is 2. The third kappa shape index (κ3) is 4.84. The molecule has 27 heavy (non-hydrogen) atoms. The second kappa shape index (κ2) is 9.27. The highest BCUT2D eigenvalue weighted by Gasteiger charge is 2.19. The molecule has 0 amide bonds. The van der Waals surface area contributed by atoms with Gasteiger partial charge in [0.1, 0.15) is 5.75 Å². The van der Waals surface area contributed by atoms with Crippen LogP contribution in [0.4, 0.5) is 5.69 Å². The van der Waals surface area contributed by atoms with Crippen LogP contribution in [0.2, 0.25) is 0 Å². The molecule has 0 atom stereocenters. The molecule has 1 fully saturated rings. The van der Waals surface area contributed by atoms with Gasteiger partial charge in [-0.25, -0.2) is 0 Å². The van der Waals surface area contributed by atoms with Crippen molar-refractivity contribution < 1.29 is 9.47 Å². The topological polar surface area (TPSA) is 21.7 Å². The molecule has 0 saturated carbocycles. The standard InChI is InChI=1S/C24H33NO2/c1-5-19(6-2)23-12-9-21(17-24(23)25-13-15-26-16-14-25)20-7-10-22(11-8-20)27-18(3)4/h7-12,17-19H,5-6,13-16H2,1-4H3. The fourth-order valence-electron chi connectivity index (χ4n) is 3.87. The zero-order valence-electron chi connectivity index (χ0n) is 17.2. The lowest BCUT2D eigenvalue weighted by atomic mass is 9.90. The maximum absolute atomic E-state index is 5.78. The Kier molecular flexibility index (Phi) is 6.78. The van der Waals surface area contributed by atoms with Gasteiger partial charge >= 0.3 is 0 Å². The summed E-state index contributed by atoms with van der Waals surface area (Å²) >= 11 is 0. The average Bonchev–Trinajstić information content (AvgIpc) is 2.70. The Morgan fingerprint density at radius 1 is 0.926 bits per heavy atom. The van der Waals surface area contributed by atoms with Gasteiger partial charge in [0.2, 0.25) is 0 Å². The number of anilines is 1. The van der Waals surface area contributed by atoms with Crippen LogP contribution in [-0.2, 0) is 4.74 Å². The lowest BCUT2D eigenvalue weighted by Crippen LogP contribution is -2.37. The second-order valence-corrected chi connectivity index (χ2v) is 7.58. The first-order valence-electron chi connectivity index (χ1n) is 10.4. The van der Waals surface area contributed by atoms with Crippen molar-refractivity contribution in [3.05, 3.63) is 48.0 Å². The van der Waals surface area contributed by atoms with Crippen molar-refractivity contribution in [2.45, 2.75) is 52.6 Å². The van der Waals surface area contributed by atoms with Crippen molar-refractivity contribution >= 4 is 5.69 Å². The van der Waals surface area contributed by atoms with E-state index in [0.717, 1.165) is 32.1 Å². The van der Waals surface area contributed by atoms with Crippen molar-refractivity contribution in [3.8, 4) is 16.9 Å². The summed E-state index contributed by atoms with van der Waals surface area (Å²) in [6.45, 7) is 12.3. The number of morpholine rings is 1. The van der Waals surface area contributed by atoms with E-state index in [0.29, 0.717) is 5.92 Å². The predicted octanol–water partition coefficient (Wildman–Crippen LogP) is 5.88. The highest BCUT2D eigenvalue weighted by Crippen LogP contribution is 2.36. The molecule has 3 rings (SSSR count). The van der Waals surface area contributed by atoms with E-state index in [-0.39, 0.29) is 6.10 Å². The molecule has 146 valence electrons. The lowest BCUT2D eigenvalue weighted by Gasteiger charge is -2.32. The summed E-state index contributed by atoms with van der Waals surface area (Å²) in [5, 5.41) is 0. The molecular formula is C24H33NO2. The van der Waals surface area contributed by atoms with E-state index in [9.17, 15) is 0 Å². The van der Waals surface area contributed by atoms with Crippen LogP contribution in [0, 0.1) is 0 Å². The van der Waals surface area contributed by atoms with Gasteiger partial charge in [0, 0.05) is 18.8 Å². The molecule has 1 aliphatic rings. The average molecular weight is 368 g/mol. The second-order valence-electron chi connectivity index (χ2n) is 7.58. The maximum Gasteiger partial charge on any atom is 0.119 e. The van der Waals surface area contributed by atoms with E-state index in [1.165, 1.54) is 35.2 Å². The summed E-state index contributed by atoms with van der Waals surface area (Å²) in [6.07, 6.45) is 2.55. The molecular weight excluding hydrogens is 334 g/mol. The van der Waals surface area contributed by atoms with Gasteiger partial charge in [0.15, 0.2) is 0 Å². The summed E-state index contributed by atoms with van der Waals surface area (Å²) in [4.78, 5) is 2.50. The van der Waals surface area contributed by atoms with Crippen molar-refractivity contribution in [1.29, 1.82) is 0 Å². The van der Waals surface area contributed by atoms with Crippen molar-refractivity contribution in [1.82, 2.24) is 0 Å². The first-order valence-corrected chi connectivity index (χ1v) is 10.4. The molecule has 3 heteroatoms. The van der Waals surface area contributed by atoms with Gasteiger partial charge in [-0.2, -0.15) is 0 Å². The SMILES string of the molecule is CCC(CC)c1ccc(-c2ccc(OC(C)C)cc2)cc1N1CCOCC1.